The predicted octanol–water partition coefficient (Wildman–Crippen LogP) is 4.19. The number of hydrogen-bond donors (Lipinski definition) is 5. The summed E-state index contributed by atoms with van der Waals surface area (Å²) in [6.07, 6.45) is 7.91. The van der Waals surface area contributed by atoms with E-state index in [1.54, 1.807) is 0 Å². The van der Waals surface area contributed by atoms with Crippen LogP contribution in [0.3, 0.4) is 0 Å². The molecule has 12 unspecified atom stereocenters. The van der Waals surface area contributed by atoms with Crippen LogP contribution in [0.15, 0.2) is 0 Å². The highest BCUT2D eigenvalue weighted by Gasteiger charge is 2.71. The van der Waals surface area contributed by atoms with E-state index in [1.165, 1.54) is 26.9 Å². The van der Waals surface area contributed by atoms with Crippen molar-refractivity contribution in [1.82, 2.24) is 0 Å². The normalized spacial score (nSPS) is 44.4. The van der Waals surface area contributed by atoms with Crippen LogP contribution in [0, 0.1) is 57.7 Å². The van der Waals surface area contributed by atoms with Gasteiger partial charge in [-0.1, -0.05) is 40.5 Å². The molecule has 0 aromatic heterocycles. The van der Waals surface area contributed by atoms with Gasteiger partial charge in [-0.15, -0.1) is 0 Å². The molecule has 0 bridgehead atoms. The topological polar surface area (TPSA) is 188 Å². The van der Waals surface area contributed by atoms with E-state index >= 15 is 0 Å². The number of methoxy groups -OCH3 is 1. The van der Waals surface area contributed by atoms with Gasteiger partial charge in [0, 0.05) is 39.2 Å². The van der Waals surface area contributed by atoms with Crippen LogP contribution in [0.1, 0.15) is 99.8 Å². The molecule has 1 heterocycles. The Morgan fingerprint density at radius 1 is 0.848 bits per heavy atom. The molecule has 6 rings (SSSR count). The van der Waals surface area contributed by atoms with Gasteiger partial charge in [0.2, 0.25) is 0 Å². The summed E-state index contributed by atoms with van der Waals surface area (Å²) in [7, 11) is 2.35. The first-order valence-electron chi connectivity index (χ1n) is 16.8. The summed E-state index contributed by atoms with van der Waals surface area (Å²) in [5, 5.41) is 44.3. The minimum absolute atomic E-state index is 0.0661. The number of Topliss-reactive ketones (excluding diaryl/α,β-unsaturated/α-hetero) is 1. The highest BCUT2D eigenvalue weighted by atomic mass is 16.5. The maximum Gasteiger partial charge on any atom is 0.302 e. The SMILES string of the molecule is CC(=O)O.CC(=O)O.CO.COC(C)=O.C[C@@H]1CC2OCC(O)C2(C)C2CC3C4C(O)C(=O)C5CCCCC5(C)C4CCC3(C)C21. The third-order valence-corrected chi connectivity index (χ3v) is 12.7. The van der Waals surface area contributed by atoms with Crippen LogP contribution in [0.5, 0.6) is 0 Å². The maximum absolute atomic E-state index is 13.5. The van der Waals surface area contributed by atoms with Crippen LogP contribution >= 0.6 is 0 Å². The second-order valence-electron chi connectivity index (χ2n) is 15.0. The number of carbonyl (C=O) groups excluding carboxylic acids is 2. The Hall–Kier alpha value is -2.08. The van der Waals surface area contributed by atoms with E-state index in [9.17, 15) is 19.8 Å². The second kappa shape index (κ2) is 15.9. The van der Waals surface area contributed by atoms with E-state index in [0.29, 0.717) is 36.2 Å². The van der Waals surface area contributed by atoms with Crippen molar-refractivity contribution in [3.8, 4) is 0 Å². The lowest BCUT2D eigenvalue weighted by atomic mass is 9.43. The van der Waals surface area contributed by atoms with Gasteiger partial charge in [-0.05, 0) is 84.9 Å². The molecule has 0 radical (unpaired) electrons. The van der Waals surface area contributed by atoms with Crippen molar-refractivity contribution >= 4 is 23.7 Å². The standard InChI is InChI=1S/C27H42O4.C3H6O2.2C2H4O2.CH4O/c1-14-11-20-27(4,19(28)13-31-20)18-12-17-21-15(8-10-26(17,3)22(14)18)25(2)9-6-5-7-16(25)23(29)24(21)30;1-3(4)5-2;2*1-2(3)4;1-2/h14-22,24,28,30H,5-13H2,1-4H3;1-2H3;2*1H3,(H,3,4);2H,1H3/t14-,15?,16?,17?,18?,19?,20?,21?,22?,24?,25?,26?,27?;;;;/m1..../s1. The lowest BCUT2D eigenvalue weighted by molar-refractivity contribution is -0.180. The Bertz CT molecular complexity index is 1060. The summed E-state index contributed by atoms with van der Waals surface area (Å²) >= 11 is 0. The number of hydrogen-bond acceptors (Lipinski definition) is 9. The van der Waals surface area contributed by atoms with E-state index in [1.807, 2.05) is 0 Å². The number of aliphatic hydroxyl groups is 3. The van der Waals surface area contributed by atoms with Crippen LogP contribution in [0.25, 0.3) is 0 Å². The summed E-state index contributed by atoms with van der Waals surface area (Å²) in [5.74, 6) is 0.796. The largest absolute Gasteiger partial charge is 0.481 e. The Morgan fingerprint density at radius 2 is 1.39 bits per heavy atom. The highest BCUT2D eigenvalue weighted by molar-refractivity contribution is 5.87. The quantitative estimate of drug-likeness (QED) is 0.235. The van der Waals surface area contributed by atoms with Crippen LogP contribution in [-0.2, 0) is 28.7 Å². The molecule has 6 aliphatic rings. The Kier molecular flexibility index (Phi) is 13.8. The zero-order valence-corrected chi connectivity index (χ0v) is 29.3. The molecular formula is C35H60O11. The van der Waals surface area contributed by atoms with E-state index in [4.69, 9.17) is 29.6 Å². The zero-order valence-electron chi connectivity index (χ0n) is 29.3. The van der Waals surface area contributed by atoms with E-state index in [0.717, 1.165) is 59.5 Å². The van der Waals surface area contributed by atoms with E-state index in [-0.39, 0.29) is 45.9 Å². The molecule has 0 aromatic rings. The molecule has 0 spiro atoms. The number of esters is 1. The molecule has 1 saturated heterocycles. The summed E-state index contributed by atoms with van der Waals surface area (Å²) in [4.78, 5) is 41.1. The molecule has 5 saturated carbocycles. The summed E-state index contributed by atoms with van der Waals surface area (Å²) < 4.78 is 10.2. The first-order valence-corrected chi connectivity index (χ1v) is 16.8. The smallest absolute Gasteiger partial charge is 0.302 e. The molecule has 266 valence electrons. The fourth-order valence-corrected chi connectivity index (χ4v) is 10.9. The molecule has 1 aliphatic heterocycles. The Balaban J connectivity index is 0.000000417. The predicted molar refractivity (Wildman–Crippen MR) is 171 cm³/mol. The van der Waals surface area contributed by atoms with E-state index in [2.05, 4.69) is 32.4 Å². The molecule has 11 nitrogen and oxygen atoms in total. The number of ether oxygens (including phenoxy) is 2. The monoisotopic (exact) mass is 656 g/mol. The third kappa shape index (κ3) is 7.47. The number of ketones is 1. The van der Waals surface area contributed by atoms with Gasteiger partial charge in [-0.25, -0.2) is 0 Å². The molecule has 0 amide bonds. The molecule has 46 heavy (non-hydrogen) atoms. The van der Waals surface area contributed by atoms with Gasteiger partial charge in [0.05, 0.1) is 25.9 Å². The lowest BCUT2D eigenvalue weighted by Crippen LogP contribution is -2.62. The van der Waals surface area contributed by atoms with Crippen molar-refractivity contribution in [1.29, 1.82) is 0 Å². The van der Waals surface area contributed by atoms with Gasteiger partial charge in [0.15, 0.2) is 5.78 Å². The molecule has 11 heteroatoms. The van der Waals surface area contributed by atoms with Crippen molar-refractivity contribution in [3.05, 3.63) is 0 Å². The van der Waals surface area contributed by atoms with Crippen molar-refractivity contribution in [2.45, 2.75) is 118 Å². The average molecular weight is 657 g/mol. The number of fused-ring (bicyclic) bond motifs is 9. The minimum atomic E-state index is -0.833. The lowest BCUT2D eigenvalue weighted by Gasteiger charge is -2.61. The maximum atomic E-state index is 13.5. The van der Waals surface area contributed by atoms with E-state index < -0.39 is 24.1 Å². The number of carboxylic acids is 2. The van der Waals surface area contributed by atoms with Crippen molar-refractivity contribution in [3.63, 3.8) is 0 Å². The van der Waals surface area contributed by atoms with Gasteiger partial charge in [0.25, 0.3) is 11.9 Å². The van der Waals surface area contributed by atoms with Gasteiger partial charge in [0.1, 0.15) is 6.10 Å². The van der Waals surface area contributed by atoms with Crippen LogP contribution in [-0.4, -0.2) is 88.4 Å². The zero-order chi connectivity index (χ0) is 35.4. The van der Waals surface area contributed by atoms with Crippen molar-refractivity contribution in [2.24, 2.45) is 57.7 Å². The average Bonchev–Trinajstić information content (AvgIpc) is 3.46. The highest BCUT2D eigenvalue weighted by Crippen LogP contribution is 2.73. The molecule has 5 aliphatic carbocycles. The van der Waals surface area contributed by atoms with Crippen LogP contribution < -0.4 is 0 Å². The Morgan fingerprint density at radius 3 is 1.91 bits per heavy atom. The van der Waals surface area contributed by atoms with Gasteiger partial charge >= 0.3 is 5.97 Å². The number of carbonyl (C=O) groups is 4. The Labute approximate surface area is 274 Å². The molecule has 6 fully saturated rings. The number of aliphatic carboxylic acids is 2. The van der Waals surface area contributed by atoms with Gasteiger partial charge < -0.3 is 35.0 Å². The fourth-order valence-electron chi connectivity index (χ4n) is 10.9. The molecule has 13 atom stereocenters. The van der Waals surface area contributed by atoms with Gasteiger partial charge in [-0.2, -0.15) is 0 Å². The fraction of sp³-hybridized carbons (Fsp3) is 0.886. The minimum Gasteiger partial charge on any atom is -0.481 e. The van der Waals surface area contributed by atoms with Crippen LogP contribution in [0.2, 0.25) is 0 Å². The summed E-state index contributed by atoms with van der Waals surface area (Å²) in [6.45, 7) is 13.5. The van der Waals surface area contributed by atoms with Gasteiger partial charge in [-0.3, -0.25) is 19.2 Å². The molecule has 5 N–H and O–H groups in total. The summed E-state index contributed by atoms with van der Waals surface area (Å²) in [6, 6.07) is 0. The van der Waals surface area contributed by atoms with Crippen molar-refractivity contribution in [2.75, 3.05) is 20.8 Å². The van der Waals surface area contributed by atoms with Crippen LogP contribution in [0.4, 0.5) is 0 Å². The third-order valence-electron chi connectivity index (χ3n) is 12.7. The number of rotatable bonds is 0. The number of carboxylic acid groups (broad SMARTS) is 2. The second-order valence-corrected chi connectivity index (χ2v) is 15.0. The first-order chi connectivity index (χ1) is 21.4. The van der Waals surface area contributed by atoms with Crippen molar-refractivity contribution < 1.29 is 54.2 Å². The molecular weight excluding hydrogens is 596 g/mol. The number of aliphatic hydroxyl groups excluding tert-OH is 3. The summed E-state index contributed by atoms with van der Waals surface area (Å²) in [5.41, 5.74) is 0.0386. The first kappa shape index (κ1) is 40.1. The molecule has 0 aromatic carbocycles.